The minimum Gasteiger partial charge on any atom is -0.336 e. The van der Waals surface area contributed by atoms with Crippen LogP contribution in [0.5, 0.6) is 0 Å². The molecule has 28 heavy (non-hydrogen) atoms. The van der Waals surface area contributed by atoms with Crippen molar-refractivity contribution >= 4 is 16.8 Å². The van der Waals surface area contributed by atoms with E-state index < -0.39 is 0 Å². The molecule has 1 fully saturated rings. The third kappa shape index (κ3) is 3.11. The highest BCUT2D eigenvalue weighted by molar-refractivity contribution is 5.81. The topological polar surface area (TPSA) is 55.2 Å². The van der Waals surface area contributed by atoms with Crippen molar-refractivity contribution in [1.82, 2.24) is 14.5 Å². The first-order chi connectivity index (χ1) is 13.4. The van der Waals surface area contributed by atoms with Crippen LogP contribution < -0.4 is 5.56 Å². The number of aryl methyl sites for hydroxylation is 2. The molecule has 5 nitrogen and oxygen atoms in total. The third-order valence-electron chi connectivity index (χ3n) is 5.64. The van der Waals surface area contributed by atoms with E-state index in [1.54, 1.807) is 22.6 Å². The number of benzene rings is 2. The van der Waals surface area contributed by atoms with Gasteiger partial charge in [0.2, 0.25) is 5.91 Å². The molecule has 1 atom stereocenters. The maximum absolute atomic E-state index is 13.5. The maximum atomic E-state index is 13.5. The molecule has 4 rings (SSSR count). The normalized spacial score (nSPS) is 14.9. The van der Waals surface area contributed by atoms with E-state index in [0.29, 0.717) is 16.7 Å². The summed E-state index contributed by atoms with van der Waals surface area (Å²) in [5, 5.41) is 0.579. The van der Waals surface area contributed by atoms with Gasteiger partial charge >= 0.3 is 0 Å². The van der Waals surface area contributed by atoms with Crippen LogP contribution in [0.4, 0.5) is 0 Å². The van der Waals surface area contributed by atoms with E-state index in [4.69, 9.17) is 4.98 Å². The van der Waals surface area contributed by atoms with E-state index in [0.717, 1.165) is 29.7 Å². The van der Waals surface area contributed by atoms with Crippen LogP contribution in [0.2, 0.25) is 0 Å². The van der Waals surface area contributed by atoms with Crippen molar-refractivity contribution in [1.29, 1.82) is 0 Å². The molecule has 0 spiro atoms. The van der Waals surface area contributed by atoms with Crippen LogP contribution >= 0.6 is 0 Å². The van der Waals surface area contributed by atoms with Gasteiger partial charge in [-0.2, -0.15) is 0 Å². The molecule has 1 unspecified atom stereocenters. The molecule has 2 aromatic carbocycles. The Morgan fingerprint density at radius 2 is 1.89 bits per heavy atom. The molecule has 0 N–H and O–H groups in total. The van der Waals surface area contributed by atoms with Gasteiger partial charge in [-0.05, 0) is 62.9 Å². The first-order valence-corrected chi connectivity index (χ1v) is 9.74. The standard InChI is InChI=1S/C23H25N3O2/c1-14-9-10-15(2)20(13-14)26-21(16(3)25(4)22(27)17-11-12-17)24-19-8-6-5-7-18(19)23(26)28/h5-10,13,16-17H,11-12H2,1-4H3. The van der Waals surface area contributed by atoms with E-state index in [2.05, 4.69) is 0 Å². The molecule has 1 heterocycles. The van der Waals surface area contributed by atoms with Crippen molar-refractivity contribution in [3.63, 3.8) is 0 Å². The Kier molecular flexibility index (Phi) is 4.53. The van der Waals surface area contributed by atoms with Gasteiger partial charge in [-0.15, -0.1) is 0 Å². The van der Waals surface area contributed by atoms with Gasteiger partial charge in [-0.1, -0.05) is 24.3 Å². The molecule has 1 amide bonds. The average Bonchev–Trinajstić information content (AvgIpc) is 3.53. The summed E-state index contributed by atoms with van der Waals surface area (Å²) in [6.07, 6.45) is 1.90. The number of carbonyl (C=O) groups excluding carboxylic acids is 1. The van der Waals surface area contributed by atoms with Crippen molar-refractivity contribution in [3.05, 3.63) is 69.8 Å². The summed E-state index contributed by atoms with van der Waals surface area (Å²) in [4.78, 5) is 32.7. The molecular weight excluding hydrogens is 350 g/mol. The zero-order chi connectivity index (χ0) is 20.0. The largest absolute Gasteiger partial charge is 0.336 e. The van der Waals surface area contributed by atoms with Crippen LogP contribution in [0.25, 0.3) is 16.6 Å². The Morgan fingerprint density at radius 1 is 1.18 bits per heavy atom. The molecule has 3 aromatic rings. The van der Waals surface area contributed by atoms with Gasteiger partial charge in [0.05, 0.1) is 22.6 Å². The van der Waals surface area contributed by atoms with Crippen molar-refractivity contribution in [2.45, 2.75) is 39.7 Å². The molecule has 0 aliphatic heterocycles. The Morgan fingerprint density at radius 3 is 2.61 bits per heavy atom. The first-order valence-electron chi connectivity index (χ1n) is 9.74. The molecule has 0 bridgehead atoms. The molecule has 1 saturated carbocycles. The fourth-order valence-electron chi connectivity index (χ4n) is 3.61. The zero-order valence-corrected chi connectivity index (χ0v) is 16.8. The van der Waals surface area contributed by atoms with E-state index in [9.17, 15) is 9.59 Å². The van der Waals surface area contributed by atoms with E-state index in [1.807, 2.05) is 57.2 Å². The lowest BCUT2D eigenvalue weighted by molar-refractivity contribution is -0.133. The van der Waals surface area contributed by atoms with Crippen LogP contribution in [-0.4, -0.2) is 27.4 Å². The Balaban J connectivity index is 1.97. The van der Waals surface area contributed by atoms with Gasteiger partial charge in [0.25, 0.3) is 5.56 Å². The molecule has 5 heteroatoms. The SMILES string of the molecule is Cc1ccc(C)c(-n2c(C(C)N(C)C(=O)C3CC3)nc3ccccc3c2=O)c1. The maximum Gasteiger partial charge on any atom is 0.266 e. The van der Waals surface area contributed by atoms with Crippen LogP contribution in [-0.2, 0) is 4.79 Å². The summed E-state index contributed by atoms with van der Waals surface area (Å²) in [7, 11) is 1.81. The molecule has 1 aliphatic carbocycles. The molecule has 0 saturated heterocycles. The van der Waals surface area contributed by atoms with Crippen LogP contribution in [0, 0.1) is 19.8 Å². The predicted molar refractivity (Wildman–Crippen MR) is 111 cm³/mol. The Hall–Kier alpha value is -2.95. The minimum atomic E-state index is -0.315. The van der Waals surface area contributed by atoms with Crippen molar-refractivity contribution < 1.29 is 4.79 Å². The van der Waals surface area contributed by atoms with Crippen molar-refractivity contribution in [3.8, 4) is 5.69 Å². The highest BCUT2D eigenvalue weighted by Crippen LogP contribution is 2.33. The second-order valence-corrected chi connectivity index (χ2v) is 7.82. The van der Waals surface area contributed by atoms with Crippen molar-refractivity contribution in [2.24, 2.45) is 5.92 Å². The minimum absolute atomic E-state index is 0.103. The van der Waals surface area contributed by atoms with Gasteiger partial charge in [0.1, 0.15) is 5.82 Å². The molecule has 1 aromatic heterocycles. The van der Waals surface area contributed by atoms with Gasteiger partial charge in [-0.25, -0.2) is 4.98 Å². The summed E-state index contributed by atoms with van der Waals surface area (Å²) < 4.78 is 1.69. The van der Waals surface area contributed by atoms with Crippen LogP contribution in [0.15, 0.2) is 47.3 Å². The molecule has 144 valence electrons. The smallest absolute Gasteiger partial charge is 0.266 e. The number of nitrogens with zero attached hydrogens (tertiary/aromatic N) is 3. The van der Waals surface area contributed by atoms with E-state index in [1.165, 1.54) is 0 Å². The predicted octanol–water partition coefficient (Wildman–Crippen LogP) is 3.93. The number of para-hydroxylation sites is 1. The molecular formula is C23H25N3O2. The lowest BCUT2D eigenvalue weighted by Crippen LogP contribution is -2.35. The Labute approximate surface area is 164 Å². The third-order valence-corrected chi connectivity index (χ3v) is 5.64. The monoisotopic (exact) mass is 375 g/mol. The summed E-state index contributed by atoms with van der Waals surface area (Å²) in [6.45, 7) is 5.94. The fourth-order valence-corrected chi connectivity index (χ4v) is 3.61. The molecule has 0 radical (unpaired) electrons. The number of aromatic nitrogens is 2. The van der Waals surface area contributed by atoms with Crippen LogP contribution in [0.3, 0.4) is 0 Å². The highest BCUT2D eigenvalue weighted by Gasteiger charge is 2.35. The first kappa shape index (κ1) is 18.4. The van der Waals surface area contributed by atoms with Gasteiger partial charge in [0, 0.05) is 13.0 Å². The summed E-state index contributed by atoms with van der Waals surface area (Å²) in [5.74, 6) is 0.838. The second kappa shape index (κ2) is 6.89. The van der Waals surface area contributed by atoms with Gasteiger partial charge in [0.15, 0.2) is 0 Å². The van der Waals surface area contributed by atoms with Gasteiger partial charge < -0.3 is 4.90 Å². The fraction of sp³-hybridized carbons (Fsp3) is 0.348. The van der Waals surface area contributed by atoms with E-state index in [-0.39, 0.29) is 23.4 Å². The number of fused-ring (bicyclic) bond motifs is 1. The summed E-state index contributed by atoms with van der Waals surface area (Å²) in [5.41, 5.74) is 3.44. The summed E-state index contributed by atoms with van der Waals surface area (Å²) in [6, 6.07) is 13.1. The highest BCUT2D eigenvalue weighted by atomic mass is 16.2. The quantitative estimate of drug-likeness (QED) is 0.694. The average molecular weight is 375 g/mol. The lowest BCUT2D eigenvalue weighted by Gasteiger charge is -2.27. The molecule has 1 aliphatic rings. The summed E-state index contributed by atoms with van der Waals surface area (Å²) >= 11 is 0. The number of amides is 1. The number of hydrogen-bond donors (Lipinski definition) is 0. The lowest BCUT2D eigenvalue weighted by atomic mass is 10.1. The number of rotatable bonds is 4. The second-order valence-electron chi connectivity index (χ2n) is 7.82. The van der Waals surface area contributed by atoms with Crippen molar-refractivity contribution in [2.75, 3.05) is 7.05 Å². The number of hydrogen-bond acceptors (Lipinski definition) is 3. The van der Waals surface area contributed by atoms with E-state index >= 15 is 0 Å². The number of carbonyl (C=O) groups is 1. The zero-order valence-electron chi connectivity index (χ0n) is 16.8. The Bertz CT molecular complexity index is 1130. The van der Waals surface area contributed by atoms with Gasteiger partial charge in [-0.3, -0.25) is 14.2 Å². The van der Waals surface area contributed by atoms with Crippen LogP contribution in [0.1, 0.15) is 42.8 Å².